The van der Waals surface area contributed by atoms with Gasteiger partial charge in [0.2, 0.25) is 0 Å². The summed E-state index contributed by atoms with van der Waals surface area (Å²) in [6, 6.07) is -8.41. The van der Waals surface area contributed by atoms with E-state index < -0.39 is 91.6 Å². The minimum absolute atomic E-state index is 0.0326. The van der Waals surface area contributed by atoms with Gasteiger partial charge in [0.25, 0.3) is 0 Å². The van der Waals surface area contributed by atoms with Crippen LogP contribution in [0.2, 0.25) is 0 Å². The van der Waals surface area contributed by atoms with Gasteiger partial charge in [-0.2, -0.15) is 0 Å². The Balaban J connectivity index is 3.10. The summed E-state index contributed by atoms with van der Waals surface area (Å²) in [4.78, 5) is -0.0326. The lowest BCUT2D eigenvalue weighted by Gasteiger charge is -2.22. The highest BCUT2D eigenvalue weighted by atomic mass is 16.5. The Bertz CT molecular complexity index is 1180. The van der Waals surface area contributed by atoms with E-state index in [1.165, 1.54) is 0 Å². The molecule has 20 heavy (non-hydrogen) atoms. The van der Waals surface area contributed by atoms with Gasteiger partial charge < -0.3 is 9.64 Å². The first-order chi connectivity index (χ1) is 16.5. The van der Waals surface area contributed by atoms with Crippen molar-refractivity contribution in [2.24, 2.45) is 0 Å². The molecule has 106 valence electrons. The third kappa shape index (κ3) is 4.10. The van der Waals surface area contributed by atoms with Gasteiger partial charge in [0.05, 0.1) is 13.7 Å². The molecule has 2 heteroatoms. The standard InChI is InChI=1S/C18H23NO/c1-15-9-7-8-12-17(15)20-18(13-14-19(2)3)16-10-5-4-6-11-16/h4-12,18H,13-14H2,1-3H3/t18-/m1/s1/i2D3,4D,5D,6D,7D,8D,9D,10D,11D,12D,13D2,14D2,18D. The van der Waals surface area contributed by atoms with E-state index in [1.54, 1.807) is 0 Å². The zero-order valence-corrected chi connectivity index (χ0v) is 10.9. The predicted octanol–water partition coefficient (Wildman–Crippen LogP) is 4.07. The molecule has 0 aliphatic carbocycles. The van der Waals surface area contributed by atoms with Crippen LogP contribution in [0.1, 0.15) is 46.9 Å². The minimum Gasteiger partial charge on any atom is -0.485 e. The molecule has 0 saturated carbocycles. The van der Waals surface area contributed by atoms with Gasteiger partial charge in [0, 0.05) is 22.5 Å². The fourth-order valence-corrected chi connectivity index (χ4v) is 1.20. The minimum atomic E-state index is -3.86. The number of para-hydroxylation sites is 1. The first-order valence-corrected chi connectivity index (χ1v) is 5.55. The second-order valence-corrected chi connectivity index (χ2v) is 3.68. The van der Waals surface area contributed by atoms with Crippen LogP contribution in [0.4, 0.5) is 0 Å². The smallest absolute Gasteiger partial charge is 0.125 e. The average Bonchev–Trinajstić information content (AvgIpc) is 2.80. The van der Waals surface area contributed by atoms with Crippen molar-refractivity contribution in [2.75, 3.05) is 20.5 Å². The molecule has 0 heterocycles. The molecule has 2 rings (SSSR count). The zero-order chi connectivity index (χ0) is 29.2. The molecule has 0 unspecified atom stereocenters. The molecular weight excluding hydrogens is 246 g/mol. The normalized spacial score (nSPS) is 28.2. The summed E-state index contributed by atoms with van der Waals surface area (Å²) in [6.45, 7) is -5.76. The van der Waals surface area contributed by atoms with Gasteiger partial charge in [-0.25, -0.2) is 0 Å². The van der Waals surface area contributed by atoms with Gasteiger partial charge in [0.15, 0.2) is 0 Å². The average molecular weight is 286 g/mol. The lowest BCUT2D eigenvalue weighted by atomic mass is 10.1. The van der Waals surface area contributed by atoms with Crippen molar-refractivity contribution in [3.8, 4) is 5.75 Å². The van der Waals surface area contributed by atoms with Gasteiger partial charge >= 0.3 is 0 Å². The maximum absolute atomic E-state index is 9.02. The van der Waals surface area contributed by atoms with E-state index in [4.69, 9.17) is 28.0 Å². The van der Waals surface area contributed by atoms with E-state index >= 15 is 0 Å². The fourth-order valence-electron chi connectivity index (χ4n) is 1.20. The Hall–Kier alpha value is -1.80. The molecule has 0 spiro atoms. The molecule has 0 aliphatic heterocycles. The quantitative estimate of drug-likeness (QED) is 0.794. The van der Waals surface area contributed by atoms with Gasteiger partial charge in [0.1, 0.15) is 11.8 Å². The number of rotatable bonds is 6. The van der Waals surface area contributed by atoms with Crippen molar-refractivity contribution in [1.29, 1.82) is 0 Å². The van der Waals surface area contributed by atoms with Crippen molar-refractivity contribution in [2.45, 2.75) is 19.4 Å². The number of ether oxygens (including phenoxy) is 1. The molecule has 0 aromatic heterocycles. The number of nitrogens with zero attached hydrogens (tertiary/aromatic N) is 1. The molecule has 1 atom stereocenters. The molecule has 0 aliphatic rings. The zero-order valence-electron chi connectivity index (χ0n) is 27.9. The number of benzene rings is 2. The van der Waals surface area contributed by atoms with Crippen LogP contribution in [0.15, 0.2) is 54.4 Å². The second kappa shape index (κ2) is 7.11. The highest BCUT2D eigenvalue weighted by Crippen LogP contribution is 2.27. The van der Waals surface area contributed by atoms with Gasteiger partial charge in [-0.3, -0.25) is 0 Å². The van der Waals surface area contributed by atoms with Crippen LogP contribution in [0.5, 0.6) is 5.75 Å². The van der Waals surface area contributed by atoms with Crippen LogP contribution in [0, 0.1) is 6.92 Å². The van der Waals surface area contributed by atoms with Crippen molar-refractivity contribution >= 4 is 0 Å². The summed E-state index contributed by atoms with van der Waals surface area (Å²) in [6.07, 6.45) is -7.55. The molecule has 0 amide bonds. The summed E-state index contributed by atoms with van der Waals surface area (Å²) in [5, 5.41) is 0. The van der Waals surface area contributed by atoms with Crippen LogP contribution in [-0.4, -0.2) is 25.4 Å². The predicted molar refractivity (Wildman–Crippen MR) is 84.2 cm³/mol. The largest absolute Gasteiger partial charge is 0.485 e. The third-order valence-corrected chi connectivity index (χ3v) is 2.10. The van der Waals surface area contributed by atoms with Gasteiger partial charge in [-0.1, -0.05) is 48.3 Å². The monoisotopic (exact) mass is 286 g/mol. The van der Waals surface area contributed by atoms with E-state index in [0.29, 0.717) is 7.05 Å². The van der Waals surface area contributed by atoms with Crippen molar-refractivity contribution in [3.63, 3.8) is 0 Å². The molecule has 2 nitrogen and oxygen atoms in total. The van der Waals surface area contributed by atoms with Gasteiger partial charge in [-0.15, -0.1) is 0 Å². The summed E-state index contributed by atoms with van der Waals surface area (Å²) in [5.74, 6) is -0.857. The molecule has 0 fully saturated rings. The molecule has 0 N–H and O–H groups in total. The van der Waals surface area contributed by atoms with Crippen molar-refractivity contribution in [3.05, 3.63) is 65.5 Å². The lowest BCUT2D eigenvalue weighted by Crippen LogP contribution is -2.19. The molecule has 2 aromatic rings. The number of hydrogen-bond acceptors (Lipinski definition) is 2. The fraction of sp³-hybridized carbons (Fsp3) is 0.333. The Morgan fingerprint density at radius 3 is 2.70 bits per heavy atom. The highest BCUT2D eigenvalue weighted by Gasteiger charge is 2.14. The van der Waals surface area contributed by atoms with Crippen LogP contribution >= 0.6 is 0 Å². The molecule has 0 radical (unpaired) electrons. The van der Waals surface area contributed by atoms with Crippen LogP contribution in [0.3, 0.4) is 0 Å². The third-order valence-electron chi connectivity index (χ3n) is 2.10. The summed E-state index contributed by atoms with van der Waals surface area (Å²) >= 11 is 0. The van der Waals surface area contributed by atoms with E-state index in [1.807, 2.05) is 0 Å². The summed E-state index contributed by atoms with van der Waals surface area (Å²) < 4.78 is 143. The summed E-state index contributed by atoms with van der Waals surface area (Å²) in [5.41, 5.74) is -1.56. The Morgan fingerprint density at radius 1 is 1.25 bits per heavy atom. The Morgan fingerprint density at radius 2 is 1.95 bits per heavy atom. The maximum atomic E-state index is 9.02. The first-order valence-electron chi connectivity index (χ1n) is 14.1. The Kier molecular flexibility index (Phi) is 1.46. The molecular formula is C18H23NO. The van der Waals surface area contributed by atoms with E-state index in [9.17, 15) is 0 Å². The van der Waals surface area contributed by atoms with E-state index in [-0.39, 0.29) is 10.5 Å². The van der Waals surface area contributed by atoms with E-state index in [0.717, 1.165) is 6.92 Å². The molecule has 0 bridgehead atoms. The topological polar surface area (TPSA) is 12.5 Å². The van der Waals surface area contributed by atoms with Crippen LogP contribution in [-0.2, 0) is 0 Å². The van der Waals surface area contributed by atoms with Crippen LogP contribution in [0.25, 0.3) is 0 Å². The summed E-state index contributed by atoms with van der Waals surface area (Å²) in [7, 11) is 0.688. The molecule has 2 aromatic carbocycles. The van der Waals surface area contributed by atoms with Crippen molar-refractivity contribution < 1.29 is 28.0 Å². The van der Waals surface area contributed by atoms with Gasteiger partial charge in [-0.05, 0) is 38.1 Å². The van der Waals surface area contributed by atoms with Crippen LogP contribution < -0.4 is 4.74 Å². The molecule has 0 saturated heterocycles. The highest BCUT2D eigenvalue weighted by molar-refractivity contribution is 5.33. The SMILES string of the molecule is [2H]c1c([2H])c([2H])c([C@]([2H])(Oc2c([2H])c([2H])c([2H])c([2H])c2C)C([2H])([2H])C([2H])([2H])N(C)C([2H])([2H])[2H])c([2H])c1[2H]. The maximum Gasteiger partial charge on any atom is 0.125 e. The Labute approximate surface area is 145 Å². The number of hydrogen-bond donors (Lipinski definition) is 0. The van der Waals surface area contributed by atoms with E-state index in [2.05, 4.69) is 0 Å². The van der Waals surface area contributed by atoms with Crippen molar-refractivity contribution in [1.82, 2.24) is 4.90 Å². The lowest BCUT2D eigenvalue weighted by molar-refractivity contribution is 0.178. The second-order valence-electron chi connectivity index (χ2n) is 3.68. The first kappa shape index (κ1) is 4.11.